The summed E-state index contributed by atoms with van der Waals surface area (Å²) in [4.78, 5) is 25.1. The molecule has 1 aliphatic carbocycles. The molecule has 2 unspecified atom stereocenters. The molecule has 224 valence electrons. The first-order chi connectivity index (χ1) is 18.5. The molecule has 1 aliphatic rings. The van der Waals surface area contributed by atoms with Gasteiger partial charge >= 0.3 is 11.9 Å². The molecule has 0 aromatic carbocycles. The molecule has 38 heavy (non-hydrogen) atoms. The molecule has 0 bridgehead atoms. The molecule has 0 amide bonds. The molecule has 0 aromatic heterocycles. The van der Waals surface area contributed by atoms with E-state index in [-0.39, 0.29) is 23.8 Å². The van der Waals surface area contributed by atoms with E-state index in [0.717, 1.165) is 51.6 Å². The van der Waals surface area contributed by atoms with Crippen LogP contribution in [0.2, 0.25) is 0 Å². The van der Waals surface area contributed by atoms with Gasteiger partial charge in [0.25, 0.3) is 0 Å². The first-order valence-electron chi connectivity index (χ1n) is 15.8. The van der Waals surface area contributed by atoms with Gasteiger partial charge in [0, 0.05) is 0 Å². The summed E-state index contributed by atoms with van der Waals surface area (Å²) >= 11 is 0. The van der Waals surface area contributed by atoms with Crippen LogP contribution in [0.1, 0.15) is 141 Å². The van der Waals surface area contributed by atoms with E-state index in [0.29, 0.717) is 38.5 Å². The molecular formula is C30H60N4O4. The lowest BCUT2D eigenvalue weighted by Gasteiger charge is -2.27. The average Bonchev–Trinajstić information content (AvgIpc) is 2.91. The van der Waals surface area contributed by atoms with Gasteiger partial charge in [-0.3, -0.25) is 21.1 Å². The van der Waals surface area contributed by atoms with E-state index >= 15 is 0 Å². The Morgan fingerprint density at radius 1 is 0.500 bits per heavy atom. The second kappa shape index (κ2) is 23.6. The largest absolute Gasteiger partial charge is 0.447 e. The summed E-state index contributed by atoms with van der Waals surface area (Å²) in [6.45, 7) is 1.58. The minimum Gasteiger partial charge on any atom is -0.447 e. The van der Waals surface area contributed by atoms with Crippen LogP contribution in [-0.4, -0.2) is 37.5 Å². The molecule has 8 heteroatoms. The van der Waals surface area contributed by atoms with Gasteiger partial charge in [-0.15, -0.1) is 0 Å². The predicted molar refractivity (Wildman–Crippen MR) is 155 cm³/mol. The molecule has 8 nitrogen and oxygen atoms in total. The van der Waals surface area contributed by atoms with Crippen molar-refractivity contribution in [2.75, 3.05) is 13.1 Å². The Morgan fingerprint density at radius 3 is 1.05 bits per heavy atom. The SMILES string of the molecule is NCCCCCCCCCCC(N)OC(=O)C1CCC(C(=O)OC(N)CCCCCCCCCCN)CC1. The predicted octanol–water partition coefficient (Wildman–Crippen LogP) is 5.39. The minimum absolute atomic E-state index is 0.178. The molecule has 0 radical (unpaired) electrons. The van der Waals surface area contributed by atoms with Crippen LogP contribution >= 0.6 is 0 Å². The maximum absolute atomic E-state index is 12.5. The van der Waals surface area contributed by atoms with Crippen LogP contribution in [0.4, 0.5) is 0 Å². The molecule has 0 spiro atoms. The lowest BCUT2D eigenvalue weighted by atomic mass is 9.82. The van der Waals surface area contributed by atoms with Crippen LogP contribution in [0.3, 0.4) is 0 Å². The number of unbranched alkanes of at least 4 members (excludes halogenated alkanes) is 14. The molecule has 0 aromatic rings. The zero-order chi connectivity index (χ0) is 27.8. The number of hydrogen-bond donors (Lipinski definition) is 4. The lowest BCUT2D eigenvalue weighted by Crippen LogP contribution is -2.35. The highest BCUT2D eigenvalue weighted by atomic mass is 16.6. The minimum atomic E-state index is -0.538. The monoisotopic (exact) mass is 540 g/mol. The summed E-state index contributed by atoms with van der Waals surface area (Å²) in [5.74, 6) is -0.800. The molecule has 1 fully saturated rings. The number of rotatable bonds is 24. The first-order valence-corrected chi connectivity index (χ1v) is 15.8. The van der Waals surface area contributed by atoms with Crippen LogP contribution in [-0.2, 0) is 19.1 Å². The molecule has 8 N–H and O–H groups in total. The maximum Gasteiger partial charge on any atom is 0.310 e. The van der Waals surface area contributed by atoms with Crippen molar-refractivity contribution in [3.8, 4) is 0 Å². The Bertz CT molecular complexity index is 535. The number of esters is 2. The summed E-state index contributed by atoms with van der Waals surface area (Å²) in [6.07, 6.45) is 21.7. The Kier molecular flexibility index (Phi) is 21.7. The Labute approximate surface area is 232 Å². The highest BCUT2D eigenvalue weighted by Crippen LogP contribution is 2.31. The lowest BCUT2D eigenvalue weighted by molar-refractivity contribution is -0.161. The standard InChI is InChI=1S/C30H60N4O4/c31-23-15-11-7-3-1-5-9-13-17-27(33)37-29(35)25-19-21-26(22-20-25)30(36)38-28(34)18-14-10-6-2-4-8-12-16-24-32/h25-28H,1-24,31-34H2. The molecule has 0 saturated heterocycles. The van der Waals surface area contributed by atoms with Gasteiger partial charge in [-0.25, -0.2) is 0 Å². The number of carbonyl (C=O) groups is 2. The second-order valence-corrected chi connectivity index (χ2v) is 11.3. The number of carbonyl (C=O) groups excluding carboxylic acids is 2. The molecule has 2 atom stereocenters. The quantitative estimate of drug-likeness (QED) is 0.0721. The highest BCUT2D eigenvalue weighted by molar-refractivity contribution is 5.75. The van der Waals surface area contributed by atoms with Crippen LogP contribution in [0.5, 0.6) is 0 Å². The number of hydrogen-bond acceptors (Lipinski definition) is 8. The molecule has 0 aliphatic heterocycles. The topological polar surface area (TPSA) is 157 Å². The van der Waals surface area contributed by atoms with Crippen molar-refractivity contribution in [1.29, 1.82) is 0 Å². The van der Waals surface area contributed by atoms with Gasteiger partial charge in [0.15, 0.2) is 12.5 Å². The van der Waals surface area contributed by atoms with E-state index in [2.05, 4.69) is 0 Å². The third-order valence-corrected chi connectivity index (χ3v) is 7.81. The highest BCUT2D eigenvalue weighted by Gasteiger charge is 2.32. The summed E-state index contributed by atoms with van der Waals surface area (Å²) < 4.78 is 11.0. The van der Waals surface area contributed by atoms with Crippen LogP contribution in [0.25, 0.3) is 0 Å². The van der Waals surface area contributed by atoms with Crippen molar-refractivity contribution < 1.29 is 19.1 Å². The van der Waals surface area contributed by atoms with Crippen LogP contribution < -0.4 is 22.9 Å². The summed E-state index contributed by atoms with van der Waals surface area (Å²) in [7, 11) is 0. The zero-order valence-corrected chi connectivity index (χ0v) is 24.2. The van der Waals surface area contributed by atoms with Crippen LogP contribution in [0, 0.1) is 11.8 Å². The van der Waals surface area contributed by atoms with Gasteiger partial charge in [0.1, 0.15) is 0 Å². The number of nitrogens with two attached hydrogens (primary N) is 4. The van der Waals surface area contributed by atoms with Crippen molar-refractivity contribution in [3.05, 3.63) is 0 Å². The number of ether oxygens (including phenoxy) is 2. The zero-order valence-electron chi connectivity index (χ0n) is 24.2. The normalized spacial score (nSPS) is 19.2. The van der Waals surface area contributed by atoms with Gasteiger partial charge in [0.2, 0.25) is 0 Å². The van der Waals surface area contributed by atoms with E-state index < -0.39 is 12.5 Å². The molecule has 1 rings (SSSR count). The van der Waals surface area contributed by atoms with Gasteiger partial charge in [-0.1, -0.05) is 77.0 Å². The molecular weight excluding hydrogens is 480 g/mol. The summed E-state index contributed by atoms with van der Waals surface area (Å²) in [6, 6.07) is 0. The van der Waals surface area contributed by atoms with Gasteiger partial charge in [-0.05, 0) is 77.3 Å². The maximum atomic E-state index is 12.5. The smallest absolute Gasteiger partial charge is 0.310 e. The fourth-order valence-corrected chi connectivity index (χ4v) is 5.27. The van der Waals surface area contributed by atoms with E-state index in [1.165, 1.54) is 64.2 Å². The second-order valence-electron chi connectivity index (χ2n) is 11.3. The third-order valence-electron chi connectivity index (χ3n) is 7.81. The summed E-state index contributed by atoms with van der Waals surface area (Å²) in [5.41, 5.74) is 23.1. The van der Waals surface area contributed by atoms with Crippen molar-refractivity contribution in [1.82, 2.24) is 0 Å². The van der Waals surface area contributed by atoms with E-state index in [9.17, 15) is 9.59 Å². The van der Waals surface area contributed by atoms with E-state index in [1.54, 1.807) is 0 Å². The Hall–Kier alpha value is -1.22. The van der Waals surface area contributed by atoms with Gasteiger partial charge < -0.3 is 20.9 Å². The summed E-state index contributed by atoms with van der Waals surface area (Å²) in [5, 5.41) is 0. The van der Waals surface area contributed by atoms with Crippen molar-refractivity contribution in [3.63, 3.8) is 0 Å². The Balaban J connectivity index is 2.06. The third kappa shape index (κ3) is 18.1. The van der Waals surface area contributed by atoms with Gasteiger partial charge in [-0.2, -0.15) is 0 Å². The van der Waals surface area contributed by atoms with Crippen molar-refractivity contribution >= 4 is 11.9 Å². The molecule has 0 heterocycles. The first kappa shape index (κ1) is 34.8. The van der Waals surface area contributed by atoms with Gasteiger partial charge in [0.05, 0.1) is 11.8 Å². The fraction of sp³-hybridized carbons (Fsp3) is 0.933. The van der Waals surface area contributed by atoms with E-state index in [1.807, 2.05) is 0 Å². The Morgan fingerprint density at radius 2 is 0.763 bits per heavy atom. The van der Waals surface area contributed by atoms with Crippen LogP contribution in [0.15, 0.2) is 0 Å². The fourth-order valence-electron chi connectivity index (χ4n) is 5.27. The van der Waals surface area contributed by atoms with Crippen molar-refractivity contribution in [2.24, 2.45) is 34.8 Å². The van der Waals surface area contributed by atoms with Crippen molar-refractivity contribution in [2.45, 2.75) is 154 Å². The molecule has 1 saturated carbocycles. The van der Waals surface area contributed by atoms with E-state index in [4.69, 9.17) is 32.4 Å². The average molecular weight is 541 g/mol.